The average Bonchev–Trinajstić information content (AvgIpc) is 3.09. The van der Waals surface area contributed by atoms with Gasteiger partial charge in [0.1, 0.15) is 0 Å². The molecule has 1 aromatic rings. The number of nitrogens with one attached hydrogen (secondary N) is 1. The Balaban J connectivity index is 1.76. The molecule has 3 saturated heterocycles. The van der Waals surface area contributed by atoms with E-state index in [0.717, 1.165) is 37.1 Å². The molecule has 21 heavy (non-hydrogen) atoms. The molecule has 0 aliphatic carbocycles. The van der Waals surface area contributed by atoms with Crippen LogP contribution < -0.4 is 5.32 Å². The number of fused-ring (bicyclic) bond motifs is 5. The van der Waals surface area contributed by atoms with Crippen molar-refractivity contribution < 1.29 is 8.42 Å². The SMILES string of the molecule is Cc1cc(C)cc(S(=O)(=O)N2[C@@H]3CC[C@H]2[C@H]2CNC[C@H]23)c1. The maximum Gasteiger partial charge on any atom is 0.243 e. The number of sulfonamides is 1. The van der Waals surface area contributed by atoms with E-state index >= 15 is 0 Å². The summed E-state index contributed by atoms with van der Waals surface area (Å²) < 4.78 is 28.1. The van der Waals surface area contributed by atoms with Crippen molar-refractivity contribution in [3.05, 3.63) is 29.3 Å². The third-order valence-electron chi connectivity index (χ3n) is 5.48. The highest BCUT2D eigenvalue weighted by Crippen LogP contribution is 2.49. The Kier molecular flexibility index (Phi) is 2.97. The molecule has 3 fully saturated rings. The van der Waals surface area contributed by atoms with Crippen molar-refractivity contribution in [2.75, 3.05) is 13.1 Å². The molecule has 5 heteroatoms. The van der Waals surface area contributed by atoms with Crippen molar-refractivity contribution in [2.24, 2.45) is 11.8 Å². The maximum atomic E-state index is 13.1. The first kappa shape index (κ1) is 13.7. The largest absolute Gasteiger partial charge is 0.316 e. The molecule has 4 atom stereocenters. The molecule has 0 unspecified atom stereocenters. The van der Waals surface area contributed by atoms with Crippen LogP contribution in [0.1, 0.15) is 24.0 Å². The van der Waals surface area contributed by atoms with Gasteiger partial charge >= 0.3 is 0 Å². The number of nitrogens with zero attached hydrogens (tertiary/aromatic N) is 1. The molecule has 2 bridgehead atoms. The van der Waals surface area contributed by atoms with E-state index in [1.165, 1.54) is 0 Å². The molecule has 0 aromatic heterocycles. The second-order valence-electron chi connectivity index (χ2n) is 6.86. The van der Waals surface area contributed by atoms with Crippen LogP contribution in [0.2, 0.25) is 0 Å². The van der Waals surface area contributed by atoms with Gasteiger partial charge in [0.2, 0.25) is 10.0 Å². The smallest absolute Gasteiger partial charge is 0.243 e. The fraction of sp³-hybridized carbons (Fsp3) is 0.625. The Bertz CT molecular complexity index is 647. The van der Waals surface area contributed by atoms with Crippen LogP contribution >= 0.6 is 0 Å². The summed E-state index contributed by atoms with van der Waals surface area (Å²) in [6.45, 7) is 5.88. The molecule has 4 rings (SSSR count). The van der Waals surface area contributed by atoms with Crippen LogP contribution in [0.4, 0.5) is 0 Å². The highest BCUT2D eigenvalue weighted by Gasteiger charge is 2.58. The van der Waals surface area contributed by atoms with E-state index in [1.54, 1.807) is 0 Å². The number of rotatable bonds is 2. The summed E-state index contributed by atoms with van der Waals surface area (Å²) in [5.74, 6) is 1.04. The average molecular weight is 306 g/mol. The lowest BCUT2D eigenvalue weighted by Crippen LogP contribution is -2.39. The lowest BCUT2D eigenvalue weighted by molar-refractivity contribution is 0.354. The van der Waals surface area contributed by atoms with Crippen molar-refractivity contribution in [3.63, 3.8) is 0 Å². The second kappa shape index (κ2) is 4.54. The Morgan fingerprint density at radius 1 is 1.00 bits per heavy atom. The molecule has 114 valence electrons. The van der Waals surface area contributed by atoms with Crippen LogP contribution in [0, 0.1) is 25.7 Å². The van der Waals surface area contributed by atoms with E-state index in [2.05, 4.69) is 5.32 Å². The summed E-state index contributed by atoms with van der Waals surface area (Å²) in [4.78, 5) is 0.477. The summed E-state index contributed by atoms with van der Waals surface area (Å²) in [7, 11) is -3.36. The molecule has 0 radical (unpaired) electrons. The van der Waals surface area contributed by atoms with Crippen LogP contribution in [0.25, 0.3) is 0 Å². The van der Waals surface area contributed by atoms with Crippen LogP contribution in [-0.2, 0) is 10.0 Å². The van der Waals surface area contributed by atoms with Crippen LogP contribution in [0.5, 0.6) is 0 Å². The number of hydrogen-bond donors (Lipinski definition) is 1. The Morgan fingerprint density at radius 2 is 1.52 bits per heavy atom. The molecule has 3 aliphatic heterocycles. The minimum absolute atomic E-state index is 0.209. The number of benzene rings is 1. The molecular weight excluding hydrogens is 284 g/mol. The molecule has 0 amide bonds. The predicted molar refractivity (Wildman–Crippen MR) is 81.6 cm³/mol. The molecule has 3 aliphatic rings. The summed E-state index contributed by atoms with van der Waals surface area (Å²) in [6, 6.07) is 6.07. The Hall–Kier alpha value is -0.910. The van der Waals surface area contributed by atoms with Crippen molar-refractivity contribution in [1.82, 2.24) is 9.62 Å². The van der Waals surface area contributed by atoms with Gasteiger partial charge in [-0.05, 0) is 74.9 Å². The first-order chi connectivity index (χ1) is 9.98. The van der Waals surface area contributed by atoms with Gasteiger partial charge in [-0.1, -0.05) is 6.07 Å². The zero-order chi connectivity index (χ0) is 14.8. The highest BCUT2D eigenvalue weighted by molar-refractivity contribution is 7.89. The summed E-state index contributed by atoms with van der Waals surface area (Å²) in [6.07, 6.45) is 2.05. The summed E-state index contributed by atoms with van der Waals surface area (Å²) in [5, 5.41) is 3.43. The monoisotopic (exact) mass is 306 g/mol. The Morgan fingerprint density at radius 3 is 2.05 bits per heavy atom. The summed E-state index contributed by atoms with van der Waals surface area (Å²) >= 11 is 0. The first-order valence-electron chi connectivity index (χ1n) is 7.81. The third-order valence-corrected chi connectivity index (χ3v) is 7.41. The topological polar surface area (TPSA) is 49.4 Å². The van der Waals surface area contributed by atoms with Crippen LogP contribution in [-0.4, -0.2) is 37.9 Å². The maximum absolute atomic E-state index is 13.1. The van der Waals surface area contributed by atoms with Crippen molar-refractivity contribution in [1.29, 1.82) is 0 Å². The molecule has 1 N–H and O–H groups in total. The molecule has 1 aromatic carbocycles. The fourth-order valence-corrected chi connectivity index (χ4v) is 6.92. The highest BCUT2D eigenvalue weighted by atomic mass is 32.2. The Labute approximate surface area is 126 Å². The van der Waals surface area contributed by atoms with Crippen molar-refractivity contribution >= 4 is 10.0 Å². The van der Waals surface area contributed by atoms with Gasteiger partial charge in [0.05, 0.1) is 4.90 Å². The van der Waals surface area contributed by atoms with Crippen LogP contribution in [0.3, 0.4) is 0 Å². The zero-order valence-corrected chi connectivity index (χ0v) is 13.4. The van der Waals surface area contributed by atoms with E-state index < -0.39 is 10.0 Å². The van der Waals surface area contributed by atoms with Gasteiger partial charge in [0.15, 0.2) is 0 Å². The van der Waals surface area contributed by atoms with E-state index in [0.29, 0.717) is 16.7 Å². The quantitative estimate of drug-likeness (QED) is 0.904. The van der Waals surface area contributed by atoms with Gasteiger partial charge in [-0.3, -0.25) is 0 Å². The second-order valence-corrected chi connectivity index (χ2v) is 8.70. The number of aryl methyl sites for hydroxylation is 2. The van der Waals surface area contributed by atoms with Gasteiger partial charge in [-0.15, -0.1) is 0 Å². The van der Waals surface area contributed by atoms with Crippen molar-refractivity contribution in [2.45, 2.75) is 43.7 Å². The first-order valence-corrected chi connectivity index (χ1v) is 9.25. The number of hydrogen-bond acceptors (Lipinski definition) is 3. The summed E-state index contributed by atoms with van der Waals surface area (Å²) in [5.41, 5.74) is 2.03. The van der Waals surface area contributed by atoms with Gasteiger partial charge in [-0.2, -0.15) is 4.31 Å². The minimum Gasteiger partial charge on any atom is -0.316 e. The molecule has 4 nitrogen and oxygen atoms in total. The lowest BCUT2D eigenvalue weighted by Gasteiger charge is -2.24. The molecule has 3 heterocycles. The molecule has 0 saturated carbocycles. The van der Waals surface area contributed by atoms with Gasteiger partial charge in [0.25, 0.3) is 0 Å². The van der Waals surface area contributed by atoms with Gasteiger partial charge in [-0.25, -0.2) is 8.42 Å². The fourth-order valence-electron chi connectivity index (χ4n) is 4.77. The van der Waals surface area contributed by atoms with Gasteiger partial charge in [0, 0.05) is 12.1 Å². The van der Waals surface area contributed by atoms with Crippen molar-refractivity contribution in [3.8, 4) is 0 Å². The van der Waals surface area contributed by atoms with E-state index in [4.69, 9.17) is 0 Å². The lowest BCUT2D eigenvalue weighted by atomic mass is 9.82. The normalized spacial score (nSPS) is 35.3. The zero-order valence-electron chi connectivity index (χ0n) is 12.5. The van der Waals surface area contributed by atoms with E-state index in [-0.39, 0.29) is 12.1 Å². The third kappa shape index (κ3) is 1.91. The molecular formula is C16H22N2O2S. The minimum atomic E-state index is -3.36. The van der Waals surface area contributed by atoms with Gasteiger partial charge < -0.3 is 5.32 Å². The standard InChI is InChI=1S/C16H22N2O2S/c1-10-5-11(2)7-12(6-10)21(19,20)18-15-3-4-16(18)14-9-17-8-13(14)15/h5-7,13-17H,3-4,8-9H2,1-2H3/t13-,14+,15-,16+. The van der Waals surface area contributed by atoms with E-state index in [9.17, 15) is 8.42 Å². The van der Waals surface area contributed by atoms with Crippen LogP contribution in [0.15, 0.2) is 23.1 Å². The van der Waals surface area contributed by atoms with E-state index in [1.807, 2.05) is 36.4 Å². The molecule has 0 spiro atoms. The predicted octanol–water partition coefficient (Wildman–Crippen LogP) is 1.67.